The van der Waals surface area contributed by atoms with Crippen LogP contribution in [0.15, 0.2) is 33.6 Å². The summed E-state index contributed by atoms with van der Waals surface area (Å²) in [6, 6.07) is 6.46. The standard InChI is InChI=1S/C15H21BrN2O3S/c1-11(15(19)18-8-2-3-13(17)9-18)10-22(20,21)14-6-4-12(16)5-7-14/h4-7,11,13H,2-3,8-10,17H2,1H3/t11-,13-/m0/s1. The minimum Gasteiger partial charge on any atom is -0.341 e. The SMILES string of the molecule is C[C@@H](CS(=O)(=O)c1ccc(Br)cc1)C(=O)N1CCC[C@H](N)C1. The number of likely N-dealkylation sites (tertiary alicyclic amines) is 1. The highest BCUT2D eigenvalue weighted by Crippen LogP contribution is 2.19. The number of halogens is 1. The Balaban J connectivity index is 2.05. The molecule has 1 aliphatic rings. The Morgan fingerprint density at radius 1 is 1.41 bits per heavy atom. The van der Waals surface area contributed by atoms with Gasteiger partial charge < -0.3 is 10.6 Å². The number of sulfone groups is 1. The van der Waals surface area contributed by atoms with Crippen LogP contribution in [0, 0.1) is 5.92 Å². The topological polar surface area (TPSA) is 80.5 Å². The second-order valence-electron chi connectivity index (χ2n) is 5.82. The van der Waals surface area contributed by atoms with E-state index in [1.165, 1.54) is 0 Å². The molecule has 1 aliphatic heterocycles. The zero-order valence-electron chi connectivity index (χ0n) is 12.5. The van der Waals surface area contributed by atoms with Crippen LogP contribution >= 0.6 is 15.9 Å². The molecule has 1 aromatic carbocycles. The Morgan fingerprint density at radius 2 is 2.05 bits per heavy atom. The van der Waals surface area contributed by atoms with Crippen LogP contribution in [0.25, 0.3) is 0 Å². The lowest BCUT2D eigenvalue weighted by molar-refractivity contribution is -0.135. The van der Waals surface area contributed by atoms with Gasteiger partial charge in [0.1, 0.15) is 0 Å². The van der Waals surface area contributed by atoms with E-state index < -0.39 is 15.8 Å². The second-order valence-corrected chi connectivity index (χ2v) is 8.77. The number of nitrogens with two attached hydrogens (primary N) is 1. The molecule has 7 heteroatoms. The van der Waals surface area contributed by atoms with Gasteiger partial charge in [0.25, 0.3) is 0 Å². The van der Waals surface area contributed by atoms with Gasteiger partial charge in [-0.3, -0.25) is 4.79 Å². The van der Waals surface area contributed by atoms with Crippen LogP contribution in [0.3, 0.4) is 0 Å². The summed E-state index contributed by atoms with van der Waals surface area (Å²) in [5, 5.41) is 0. The number of carbonyl (C=O) groups is 1. The van der Waals surface area contributed by atoms with Gasteiger partial charge in [-0.05, 0) is 37.1 Å². The zero-order chi connectivity index (χ0) is 16.3. The maximum atomic E-state index is 12.4. The smallest absolute Gasteiger partial charge is 0.226 e. The zero-order valence-corrected chi connectivity index (χ0v) is 14.9. The Hall–Kier alpha value is -0.920. The van der Waals surface area contributed by atoms with Crippen molar-refractivity contribution in [3.8, 4) is 0 Å². The van der Waals surface area contributed by atoms with Crippen molar-refractivity contribution in [3.63, 3.8) is 0 Å². The Bertz CT molecular complexity index is 631. The van der Waals surface area contributed by atoms with E-state index in [0.29, 0.717) is 13.1 Å². The Morgan fingerprint density at radius 3 is 2.64 bits per heavy atom. The molecule has 0 spiro atoms. The third-order valence-electron chi connectivity index (χ3n) is 3.83. The third kappa shape index (κ3) is 4.30. The number of nitrogens with zero attached hydrogens (tertiary/aromatic N) is 1. The summed E-state index contributed by atoms with van der Waals surface area (Å²) in [7, 11) is -3.47. The molecule has 1 fully saturated rings. The molecule has 0 unspecified atom stereocenters. The molecule has 0 aliphatic carbocycles. The molecule has 1 amide bonds. The highest BCUT2D eigenvalue weighted by atomic mass is 79.9. The fourth-order valence-corrected chi connectivity index (χ4v) is 4.47. The summed E-state index contributed by atoms with van der Waals surface area (Å²) in [4.78, 5) is 14.3. The molecule has 0 radical (unpaired) electrons. The lowest BCUT2D eigenvalue weighted by Crippen LogP contribution is -2.48. The van der Waals surface area contributed by atoms with Crippen LogP contribution in [-0.2, 0) is 14.6 Å². The largest absolute Gasteiger partial charge is 0.341 e. The van der Waals surface area contributed by atoms with Gasteiger partial charge in [-0.25, -0.2) is 8.42 Å². The minimum absolute atomic E-state index is 0.00650. The predicted molar refractivity (Wildman–Crippen MR) is 89.1 cm³/mol. The molecule has 22 heavy (non-hydrogen) atoms. The van der Waals surface area contributed by atoms with Gasteiger partial charge in [-0.2, -0.15) is 0 Å². The molecule has 0 bridgehead atoms. The number of amides is 1. The number of piperidine rings is 1. The molecule has 1 aromatic rings. The van der Waals surface area contributed by atoms with E-state index in [1.807, 2.05) is 0 Å². The summed E-state index contributed by atoms with van der Waals surface area (Å²) in [5.74, 6) is -0.881. The average Bonchev–Trinajstić information content (AvgIpc) is 2.46. The van der Waals surface area contributed by atoms with Crippen LogP contribution in [0.4, 0.5) is 0 Å². The van der Waals surface area contributed by atoms with E-state index >= 15 is 0 Å². The van der Waals surface area contributed by atoms with E-state index in [0.717, 1.165) is 17.3 Å². The number of hydrogen-bond donors (Lipinski definition) is 1. The van der Waals surface area contributed by atoms with E-state index in [4.69, 9.17) is 5.73 Å². The fourth-order valence-electron chi connectivity index (χ4n) is 2.66. The number of hydrogen-bond acceptors (Lipinski definition) is 4. The van der Waals surface area contributed by atoms with Crippen molar-refractivity contribution in [1.29, 1.82) is 0 Å². The first-order chi connectivity index (χ1) is 10.3. The average molecular weight is 389 g/mol. The highest BCUT2D eigenvalue weighted by Gasteiger charge is 2.29. The summed E-state index contributed by atoms with van der Waals surface area (Å²) in [6.45, 7) is 2.84. The highest BCUT2D eigenvalue weighted by molar-refractivity contribution is 9.10. The van der Waals surface area contributed by atoms with Crippen LogP contribution in [0.2, 0.25) is 0 Å². The molecule has 5 nitrogen and oxygen atoms in total. The first kappa shape index (κ1) is 17.4. The maximum absolute atomic E-state index is 12.4. The lowest BCUT2D eigenvalue weighted by Gasteiger charge is -2.32. The van der Waals surface area contributed by atoms with Crippen LogP contribution in [0.5, 0.6) is 0 Å². The molecule has 2 N–H and O–H groups in total. The summed E-state index contributed by atoms with van der Waals surface area (Å²) < 4.78 is 25.6. The molecule has 2 atom stereocenters. The van der Waals surface area contributed by atoms with Crippen molar-refractivity contribution in [2.45, 2.75) is 30.7 Å². The van der Waals surface area contributed by atoms with Gasteiger partial charge >= 0.3 is 0 Å². The first-order valence-corrected chi connectivity index (χ1v) is 9.77. The van der Waals surface area contributed by atoms with E-state index in [-0.39, 0.29) is 22.6 Å². The van der Waals surface area contributed by atoms with Crippen LogP contribution in [-0.4, -0.2) is 44.1 Å². The van der Waals surface area contributed by atoms with Gasteiger partial charge in [0.2, 0.25) is 5.91 Å². The molecule has 0 aromatic heterocycles. The summed E-state index contributed by atoms with van der Waals surface area (Å²) >= 11 is 3.28. The van der Waals surface area contributed by atoms with E-state index in [9.17, 15) is 13.2 Å². The van der Waals surface area contributed by atoms with Gasteiger partial charge in [0, 0.05) is 29.5 Å². The molecule has 2 rings (SSSR count). The van der Waals surface area contributed by atoms with Crippen molar-refractivity contribution in [2.75, 3.05) is 18.8 Å². The summed E-state index contributed by atoms with van der Waals surface area (Å²) in [6.07, 6.45) is 1.79. The van der Waals surface area contributed by atoms with E-state index in [2.05, 4.69) is 15.9 Å². The molecule has 1 heterocycles. The van der Waals surface area contributed by atoms with Crippen LogP contribution in [0.1, 0.15) is 19.8 Å². The quantitative estimate of drug-likeness (QED) is 0.852. The van der Waals surface area contributed by atoms with Crippen molar-refractivity contribution < 1.29 is 13.2 Å². The van der Waals surface area contributed by atoms with Crippen molar-refractivity contribution in [2.24, 2.45) is 11.7 Å². The van der Waals surface area contributed by atoms with Gasteiger partial charge in [0.05, 0.1) is 10.6 Å². The Kier molecular flexibility index (Phi) is 5.63. The summed E-state index contributed by atoms with van der Waals surface area (Å²) in [5.41, 5.74) is 5.88. The van der Waals surface area contributed by atoms with Crippen LogP contribution < -0.4 is 5.73 Å². The van der Waals surface area contributed by atoms with Gasteiger partial charge in [-0.15, -0.1) is 0 Å². The molecule has 0 saturated carbocycles. The monoisotopic (exact) mass is 388 g/mol. The van der Waals surface area contributed by atoms with Crippen molar-refractivity contribution >= 4 is 31.7 Å². The normalized spacial score (nSPS) is 20.7. The maximum Gasteiger partial charge on any atom is 0.226 e. The first-order valence-electron chi connectivity index (χ1n) is 7.32. The van der Waals surface area contributed by atoms with Crippen molar-refractivity contribution in [1.82, 2.24) is 4.90 Å². The number of benzene rings is 1. The second kappa shape index (κ2) is 7.10. The van der Waals surface area contributed by atoms with E-state index in [1.54, 1.807) is 36.1 Å². The minimum atomic E-state index is -3.47. The third-order valence-corrected chi connectivity index (χ3v) is 6.29. The van der Waals surface area contributed by atoms with Crippen molar-refractivity contribution in [3.05, 3.63) is 28.7 Å². The van der Waals surface area contributed by atoms with Gasteiger partial charge in [-0.1, -0.05) is 22.9 Å². The molecule has 1 saturated heterocycles. The lowest BCUT2D eigenvalue weighted by atomic mass is 10.0. The Labute approximate surface area is 139 Å². The number of rotatable bonds is 4. The molecular weight excluding hydrogens is 368 g/mol. The predicted octanol–water partition coefficient (Wildman–Crippen LogP) is 1.81. The number of carbonyl (C=O) groups excluding carboxylic acids is 1. The molecular formula is C15H21BrN2O3S. The van der Waals surface area contributed by atoms with Gasteiger partial charge in [0.15, 0.2) is 9.84 Å². The fraction of sp³-hybridized carbons (Fsp3) is 0.533. The molecule has 122 valence electrons.